The van der Waals surface area contributed by atoms with Crippen molar-refractivity contribution in [1.29, 1.82) is 0 Å². The lowest BCUT2D eigenvalue weighted by molar-refractivity contribution is 0.0983. The third kappa shape index (κ3) is 2.07. The number of ketones is 1. The van der Waals surface area contributed by atoms with Crippen LogP contribution in [0.1, 0.15) is 21.3 Å². The Morgan fingerprint density at radius 3 is 2.55 bits per heavy atom. The van der Waals surface area contributed by atoms with E-state index in [2.05, 4.69) is 0 Å². The molecule has 0 amide bonds. The molecule has 0 radical (unpaired) electrons. The van der Waals surface area contributed by atoms with E-state index in [0.717, 1.165) is 16.1 Å². The molecule has 0 bridgehead atoms. The molecule has 4 heteroatoms. The minimum absolute atomic E-state index is 0.0396. The largest absolute Gasteiger partial charge is 0.313 e. The van der Waals surface area contributed by atoms with E-state index in [9.17, 15) is 9.18 Å². The highest BCUT2D eigenvalue weighted by Gasteiger charge is 2.30. The zero-order chi connectivity index (χ0) is 15.1. The van der Waals surface area contributed by atoms with Gasteiger partial charge in [-0.1, -0.05) is 24.3 Å². The van der Waals surface area contributed by atoms with E-state index >= 15 is 0 Å². The number of carbonyl (C=O) groups is 1. The quantitative estimate of drug-likeness (QED) is 0.653. The molecule has 1 aromatic heterocycles. The summed E-state index contributed by atoms with van der Waals surface area (Å²) >= 11 is 1.51. The fourth-order valence-corrected chi connectivity index (χ4v) is 3.94. The molecular weight excluding hydrogens is 297 g/mol. The molecule has 2 nitrogen and oxygen atoms in total. The number of halogens is 1. The second kappa shape index (κ2) is 5.14. The van der Waals surface area contributed by atoms with Crippen molar-refractivity contribution in [3.8, 4) is 5.69 Å². The lowest BCUT2D eigenvalue weighted by atomic mass is 10.1. The van der Waals surface area contributed by atoms with Crippen LogP contribution in [-0.4, -0.2) is 10.4 Å². The van der Waals surface area contributed by atoms with Crippen molar-refractivity contribution in [2.45, 2.75) is 10.1 Å². The molecule has 22 heavy (non-hydrogen) atoms. The van der Waals surface area contributed by atoms with Crippen LogP contribution >= 0.6 is 11.8 Å². The summed E-state index contributed by atoms with van der Waals surface area (Å²) in [7, 11) is 0. The normalized spacial score (nSPS) is 16.8. The van der Waals surface area contributed by atoms with E-state index in [4.69, 9.17) is 0 Å². The molecule has 1 aliphatic rings. The van der Waals surface area contributed by atoms with Crippen molar-refractivity contribution >= 4 is 17.5 Å². The predicted octanol–water partition coefficient (Wildman–Crippen LogP) is 4.65. The van der Waals surface area contributed by atoms with Gasteiger partial charge in [0, 0.05) is 11.1 Å². The fraction of sp³-hybridized carbons (Fsp3) is 0.0556. The summed E-state index contributed by atoms with van der Waals surface area (Å²) < 4.78 is 15.1. The maximum Gasteiger partial charge on any atom is 0.197 e. The van der Waals surface area contributed by atoms with Crippen molar-refractivity contribution in [1.82, 2.24) is 4.57 Å². The number of aromatic nitrogens is 1. The summed E-state index contributed by atoms with van der Waals surface area (Å²) in [6.07, 6.45) is 1.90. The van der Waals surface area contributed by atoms with Crippen LogP contribution in [0.4, 0.5) is 4.39 Å². The number of benzene rings is 2. The molecule has 2 heterocycles. The van der Waals surface area contributed by atoms with Gasteiger partial charge >= 0.3 is 0 Å². The first-order chi connectivity index (χ1) is 10.7. The van der Waals surface area contributed by atoms with Gasteiger partial charge in [-0.15, -0.1) is 11.8 Å². The van der Waals surface area contributed by atoms with Gasteiger partial charge in [-0.2, -0.15) is 0 Å². The monoisotopic (exact) mass is 309 g/mol. The molecule has 3 aromatic rings. The summed E-state index contributed by atoms with van der Waals surface area (Å²) in [5, 5.41) is -0.363. The summed E-state index contributed by atoms with van der Waals surface area (Å²) in [5.74, 6) is -0.253. The number of thioether (sulfide) groups is 1. The Bertz CT molecular complexity index is 854. The molecule has 0 aliphatic carbocycles. The molecule has 0 N–H and O–H groups in total. The van der Waals surface area contributed by atoms with Crippen LogP contribution in [0.3, 0.4) is 0 Å². The van der Waals surface area contributed by atoms with Crippen molar-refractivity contribution < 1.29 is 9.18 Å². The molecule has 0 fully saturated rings. The van der Waals surface area contributed by atoms with Gasteiger partial charge in [-0.3, -0.25) is 4.79 Å². The van der Waals surface area contributed by atoms with Crippen molar-refractivity contribution in [3.63, 3.8) is 0 Å². The molecule has 0 spiro atoms. The van der Waals surface area contributed by atoms with Gasteiger partial charge < -0.3 is 4.57 Å². The minimum Gasteiger partial charge on any atom is -0.313 e. The summed E-state index contributed by atoms with van der Waals surface area (Å²) in [6, 6.07) is 17.8. The number of para-hydroxylation sites is 1. The zero-order valence-electron chi connectivity index (χ0n) is 11.6. The number of carbonyl (C=O) groups excluding carboxylic acids is 1. The van der Waals surface area contributed by atoms with Gasteiger partial charge in [0.25, 0.3) is 0 Å². The molecule has 1 atom stereocenters. The van der Waals surface area contributed by atoms with Crippen molar-refractivity contribution in [2.24, 2.45) is 0 Å². The highest BCUT2D eigenvalue weighted by molar-refractivity contribution is 8.00. The fourth-order valence-electron chi connectivity index (χ4n) is 2.72. The molecule has 0 saturated carbocycles. The van der Waals surface area contributed by atoms with E-state index < -0.39 is 0 Å². The van der Waals surface area contributed by atoms with Crippen LogP contribution in [0, 0.1) is 5.82 Å². The van der Waals surface area contributed by atoms with Gasteiger partial charge in [0.1, 0.15) is 5.82 Å². The smallest absolute Gasteiger partial charge is 0.197 e. The second-order valence-electron chi connectivity index (χ2n) is 5.14. The maximum atomic E-state index is 13.2. The summed E-state index contributed by atoms with van der Waals surface area (Å²) in [6.45, 7) is 0. The Hall–Kier alpha value is -2.33. The first-order valence-corrected chi connectivity index (χ1v) is 7.85. The van der Waals surface area contributed by atoms with Crippen LogP contribution in [0.5, 0.6) is 0 Å². The van der Waals surface area contributed by atoms with Crippen LogP contribution in [0.2, 0.25) is 0 Å². The molecular formula is C18H12FNOS. The van der Waals surface area contributed by atoms with Gasteiger partial charge in [0.15, 0.2) is 5.78 Å². The second-order valence-corrected chi connectivity index (χ2v) is 6.29. The number of rotatable bonds is 1. The minimum atomic E-state index is -0.363. The molecule has 0 unspecified atom stereocenters. The van der Waals surface area contributed by atoms with Gasteiger partial charge in [0.05, 0.1) is 16.6 Å². The Morgan fingerprint density at radius 1 is 0.955 bits per heavy atom. The maximum absolute atomic E-state index is 13.2. The van der Waals surface area contributed by atoms with E-state index in [1.54, 1.807) is 12.1 Å². The van der Waals surface area contributed by atoms with Crippen LogP contribution < -0.4 is 0 Å². The Kier molecular flexibility index (Phi) is 3.12. The highest BCUT2D eigenvalue weighted by Crippen LogP contribution is 2.43. The summed E-state index contributed by atoms with van der Waals surface area (Å²) in [4.78, 5) is 14.0. The highest BCUT2D eigenvalue weighted by atomic mass is 32.2. The third-order valence-corrected chi connectivity index (χ3v) is 5.10. The number of Topliss-reactive ketones (excluding diaryl/α,β-unsaturated/α-hetero) is 1. The standard InChI is InChI=1S/C18H12FNOS/c19-13-9-7-12(8-10-13)18-17(21)15-5-3-11-20(15)14-4-1-2-6-16(14)22-18/h1-11,18H/t18-/m1/s1. The summed E-state index contributed by atoms with van der Waals surface area (Å²) in [5.41, 5.74) is 2.48. The first-order valence-electron chi connectivity index (χ1n) is 6.97. The average Bonchev–Trinajstić information content (AvgIpc) is 2.99. The average molecular weight is 309 g/mol. The van der Waals surface area contributed by atoms with E-state index in [1.807, 2.05) is 47.2 Å². The van der Waals surface area contributed by atoms with Crippen LogP contribution in [-0.2, 0) is 0 Å². The lowest BCUT2D eigenvalue weighted by Crippen LogP contribution is -2.11. The molecule has 2 aromatic carbocycles. The van der Waals surface area contributed by atoms with E-state index in [1.165, 1.54) is 23.9 Å². The molecule has 0 saturated heterocycles. The van der Waals surface area contributed by atoms with Gasteiger partial charge in [0.2, 0.25) is 0 Å². The van der Waals surface area contributed by atoms with Gasteiger partial charge in [-0.25, -0.2) is 4.39 Å². The van der Waals surface area contributed by atoms with Crippen molar-refractivity contribution in [3.05, 3.63) is 83.9 Å². The Labute approximate surface area is 131 Å². The Balaban J connectivity index is 1.90. The lowest BCUT2D eigenvalue weighted by Gasteiger charge is -2.13. The number of hydrogen-bond donors (Lipinski definition) is 0. The number of hydrogen-bond acceptors (Lipinski definition) is 2. The number of nitrogens with zero attached hydrogens (tertiary/aromatic N) is 1. The Morgan fingerprint density at radius 2 is 1.73 bits per heavy atom. The first kappa shape index (κ1) is 13.3. The predicted molar refractivity (Wildman–Crippen MR) is 85.1 cm³/mol. The third-order valence-electron chi connectivity index (χ3n) is 3.78. The van der Waals surface area contributed by atoms with Crippen LogP contribution in [0.25, 0.3) is 5.69 Å². The van der Waals surface area contributed by atoms with E-state index in [-0.39, 0.29) is 16.9 Å². The van der Waals surface area contributed by atoms with Crippen LogP contribution in [0.15, 0.2) is 71.8 Å². The number of fused-ring (bicyclic) bond motifs is 3. The molecule has 4 rings (SSSR count). The SMILES string of the molecule is O=C1c2cccn2-c2ccccc2S[C@@H]1c1ccc(F)cc1. The topological polar surface area (TPSA) is 22.0 Å². The van der Waals surface area contributed by atoms with Gasteiger partial charge in [-0.05, 0) is 42.0 Å². The van der Waals surface area contributed by atoms with E-state index in [0.29, 0.717) is 5.69 Å². The molecule has 1 aliphatic heterocycles. The zero-order valence-corrected chi connectivity index (χ0v) is 12.4. The van der Waals surface area contributed by atoms with Crippen molar-refractivity contribution in [2.75, 3.05) is 0 Å². The molecule has 108 valence electrons.